The number of benzene rings is 1. The largest absolute Gasteiger partial charge is 0.477 e. The lowest BCUT2D eigenvalue weighted by Gasteiger charge is -2.04. The van der Waals surface area contributed by atoms with Crippen molar-refractivity contribution in [3.05, 3.63) is 44.9 Å². The Bertz CT molecular complexity index is 854. The standard InChI is InChI=1S/C14H10Cl2N2O2S/c1-2-11-8-6-12(14(19)20)21-13(8)18(17-11)7-3-4-9(15)10(16)5-7/h3-6H,2H2,1H3,(H,19,20). The molecule has 1 aromatic carbocycles. The summed E-state index contributed by atoms with van der Waals surface area (Å²) in [5.74, 6) is -0.932. The summed E-state index contributed by atoms with van der Waals surface area (Å²) in [5.41, 5.74) is 1.62. The van der Waals surface area contributed by atoms with E-state index in [4.69, 9.17) is 28.3 Å². The van der Waals surface area contributed by atoms with E-state index in [1.807, 2.05) is 6.92 Å². The second-order valence-electron chi connectivity index (χ2n) is 4.45. The Morgan fingerprint density at radius 3 is 2.71 bits per heavy atom. The molecule has 0 saturated heterocycles. The Morgan fingerprint density at radius 2 is 2.10 bits per heavy atom. The third-order valence-corrected chi connectivity index (χ3v) is 4.97. The minimum Gasteiger partial charge on any atom is -0.477 e. The molecule has 0 unspecified atom stereocenters. The summed E-state index contributed by atoms with van der Waals surface area (Å²) in [4.78, 5) is 12.2. The summed E-state index contributed by atoms with van der Waals surface area (Å²) >= 11 is 13.2. The van der Waals surface area contributed by atoms with Crippen LogP contribution in [0.15, 0.2) is 24.3 Å². The number of halogens is 2. The van der Waals surface area contributed by atoms with E-state index in [1.54, 1.807) is 28.9 Å². The molecule has 0 saturated carbocycles. The van der Waals surface area contributed by atoms with Crippen molar-refractivity contribution >= 4 is 50.7 Å². The third kappa shape index (κ3) is 2.41. The predicted octanol–water partition coefficient (Wildman–Crippen LogP) is 4.65. The van der Waals surface area contributed by atoms with Crippen molar-refractivity contribution in [1.82, 2.24) is 9.78 Å². The van der Waals surface area contributed by atoms with Gasteiger partial charge in [-0.1, -0.05) is 30.1 Å². The minimum atomic E-state index is -0.932. The van der Waals surface area contributed by atoms with Crippen molar-refractivity contribution in [1.29, 1.82) is 0 Å². The minimum absolute atomic E-state index is 0.297. The van der Waals surface area contributed by atoms with Crippen LogP contribution in [-0.4, -0.2) is 20.9 Å². The molecule has 0 bridgehead atoms. The maximum Gasteiger partial charge on any atom is 0.345 e. The molecule has 7 heteroatoms. The second kappa shape index (κ2) is 5.33. The number of aromatic carboxylic acids is 1. The van der Waals surface area contributed by atoms with Gasteiger partial charge in [-0.3, -0.25) is 0 Å². The number of aryl methyl sites for hydroxylation is 1. The summed E-state index contributed by atoms with van der Waals surface area (Å²) in [5, 5.41) is 15.5. The summed E-state index contributed by atoms with van der Waals surface area (Å²) in [6, 6.07) is 6.89. The Hall–Kier alpha value is -1.56. The highest BCUT2D eigenvalue weighted by Gasteiger charge is 2.18. The van der Waals surface area contributed by atoms with Gasteiger partial charge in [-0.2, -0.15) is 5.10 Å². The SMILES string of the molecule is CCc1nn(-c2ccc(Cl)c(Cl)c2)c2sc(C(=O)O)cc12. The van der Waals surface area contributed by atoms with Crippen LogP contribution in [0.3, 0.4) is 0 Å². The Kier molecular flexibility index (Phi) is 3.65. The number of nitrogens with zero attached hydrogens (tertiary/aromatic N) is 2. The molecule has 0 fully saturated rings. The van der Waals surface area contributed by atoms with E-state index in [0.29, 0.717) is 14.9 Å². The Balaban J connectivity index is 2.26. The van der Waals surface area contributed by atoms with E-state index in [-0.39, 0.29) is 0 Å². The van der Waals surface area contributed by atoms with Gasteiger partial charge in [-0.15, -0.1) is 11.3 Å². The molecule has 0 radical (unpaired) electrons. The van der Waals surface area contributed by atoms with Gasteiger partial charge in [0, 0.05) is 5.39 Å². The topological polar surface area (TPSA) is 55.1 Å². The number of thiophene rings is 1. The lowest BCUT2D eigenvalue weighted by Crippen LogP contribution is -1.97. The highest BCUT2D eigenvalue weighted by Crippen LogP contribution is 2.32. The van der Waals surface area contributed by atoms with Gasteiger partial charge < -0.3 is 5.11 Å². The van der Waals surface area contributed by atoms with E-state index >= 15 is 0 Å². The molecule has 4 nitrogen and oxygen atoms in total. The zero-order chi connectivity index (χ0) is 15.1. The first kappa shape index (κ1) is 14.4. The average molecular weight is 341 g/mol. The fourth-order valence-electron chi connectivity index (χ4n) is 2.12. The van der Waals surface area contributed by atoms with Crippen molar-refractivity contribution in [2.45, 2.75) is 13.3 Å². The molecule has 3 aromatic rings. The maximum atomic E-state index is 11.2. The van der Waals surface area contributed by atoms with Gasteiger partial charge in [0.15, 0.2) is 0 Å². The van der Waals surface area contributed by atoms with Crippen LogP contribution in [0.1, 0.15) is 22.3 Å². The smallest absolute Gasteiger partial charge is 0.345 e. The first-order valence-electron chi connectivity index (χ1n) is 6.21. The maximum absolute atomic E-state index is 11.2. The normalized spacial score (nSPS) is 11.2. The van der Waals surface area contributed by atoms with Gasteiger partial charge in [0.1, 0.15) is 9.71 Å². The van der Waals surface area contributed by atoms with E-state index < -0.39 is 5.97 Å². The van der Waals surface area contributed by atoms with Crippen LogP contribution in [0.5, 0.6) is 0 Å². The number of carboxylic acid groups (broad SMARTS) is 1. The van der Waals surface area contributed by atoms with Crippen LogP contribution in [0, 0.1) is 0 Å². The van der Waals surface area contributed by atoms with Crippen LogP contribution < -0.4 is 0 Å². The van der Waals surface area contributed by atoms with E-state index in [1.165, 1.54) is 11.3 Å². The zero-order valence-corrected chi connectivity index (χ0v) is 13.3. The molecular weight excluding hydrogens is 331 g/mol. The van der Waals surface area contributed by atoms with Crippen molar-refractivity contribution in [2.75, 3.05) is 0 Å². The number of carboxylic acids is 1. The highest BCUT2D eigenvalue weighted by molar-refractivity contribution is 7.20. The number of carbonyl (C=O) groups is 1. The quantitative estimate of drug-likeness (QED) is 0.754. The van der Waals surface area contributed by atoms with Gasteiger partial charge in [0.2, 0.25) is 0 Å². The van der Waals surface area contributed by atoms with Crippen LogP contribution in [0.25, 0.3) is 15.9 Å². The van der Waals surface area contributed by atoms with E-state index in [9.17, 15) is 4.79 Å². The van der Waals surface area contributed by atoms with E-state index in [0.717, 1.165) is 28.0 Å². The molecule has 0 amide bonds. The van der Waals surface area contributed by atoms with Crippen molar-refractivity contribution < 1.29 is 9.90 Å². The van der Waals surface area contributed by atoms with Gasteiger partial charge in [-0.25, -0.2) is 9.48 Å². The van der Waals surface area contributed by atoms with Crippen LogP contribution in [0.4, 0.5) is 0 Å². The molecule has 0 spiro atoms. The second-order valence-corrected chi connectivity index (χ2v) is 6.29. The highest BCUT2D eigenvalue weighted by atomic mass is 35.5. The van der Waals surface area contributed by atoms with Crippen molar-refractivity contribution in [3.8, 4) is 5.69 Å². The molecule has 1 N–H and O–H groups in total. The van der Waals surface area contributed by atoms with E-state index in [2.05, 4.69) is 5.10 Å². The monoisotopic (exact) mass is 340 g/mol. The fraction of sp³-hybridized carbons (Fsp3) is 0.143. The van der Waals surface area contributed by atoms with Gasteiger partial charge >= 0.3 is 5.97 Å². The number of aromatic nitrogens is 2. The Morgan fingerprint density at radius 1 is 1.33 bits per heavy atom. The van der Waals surface area contributed by atoms with Gasteiger partial charge in [0.25, 0.3) is 0 Å². The lowest BCUT2D eigenvalue weighted by molar-refractivity contribution is 0.0702. The summed E-state index contributed by atoms with van der Waals surface area (Å²) in [7, 11) is 0. The van der Waals surface area contributed by atoms with Gasteiger partial charge in [0.05, 0.1) is 21.4 Å². The fourth-order valence-corrected chi connectivity index (χ4v) is 3.41. The molecule has 0 aliphatic rings. The molecule has 0 aliphatic carbocycles. The van der Waals surface area contributed by atoms with Crippen molar-refractivity contribution in [2.24, 2.45) is 0 Å². The first-order chi connectivity index (χ1) is 10.0. The average Bonchev–Trinajstić information content (AvgIpc) is 3.00. The van der Waals surface area contributed by atoms with Crippen LogP contribution >= 0.6 is 34.5 Å². The molecule has 2 aromatic heterocycles. The number of rotatable bonds is 3. The summed E-state index contributed by atoms with van der Waals surface area (Å²) < 4.78 is 1.72. The summed E-state index contributed by atoms with van der Waals surface area (Å²) in [6.07, 6.45) is 0.723. The van der Waals surface area contributed by atoms with Crippen LogP contribution in [0.2, 0.25) is 10.0 Å². The molecule has 0 atom stereocenters. The molecule has 2 heterocycles. The number of hydrogen-bond acceptors (Lipinski definition) is 3. The number of fused-ring (bicyclic) bond motifs is 1. The Labute approximate surface area is 134 Å². The molecular formula is C14H10Cl2N2O2S. The molecule has 108 valence electrons. The van der Waals surface area contributed by atoms with Crippen LogP contribution in [-0.2, 0) is 6.42 Å². The number of hydrogen-bond donors (Lipinski definition) is 1. The molecule has 21 heavy (non-hydrogen) atoms. The zero-order valence-electron chi connectivity index (χ0n) is 10.9. The summed E-state index contributed by atoms with van der Waals surface area (Å²) in [6.45, 7) is 1.99. The third-order valence-electron chi connectivity index (χ3n) is 3.13. The predicted molar refractivity (Wildman–Crippen MR) is 85.3 cm³/mol. The molecule has 3 rings (SSSR count). The first-order valence-corrected chi connectivity index (χ1v) is 7.78. The van der Waals surface area contributed by atoms with Gasteiger partial charge in [-0.05, 0) is 30.7 Å². The molecule has 0 aliphatic heterocycles. The van der Waals surface area contributed by atoms with Crippen molar-refractivity contribution in [3.63, 3.8) is 0 Å². The lowest BCUT2D eigenvalue weighted by atomic mass is 10.2.